The number of nitrogens with one attached hydrogen (secondary N) is 1. The first-order chi connectivity index (χ1) is 14.8. The second-order valence-corrected chi connectivity index (χ2v) is 9.09. The summed E-state index contributed by atoms with van der Waals surface area (Å²) in [5, 5.41) is 17.1. The van der Waals surface area contributed by atoms with Gasteiger partial charge in [0.1, 0.15) is 17.3 Å². The number of ether oxygens (including phenoxy) is 1. The normalized spacial score (nSPS) is 19.7. The van der Waals surface area contributed by atoms with Crippen LogP contribution >= 0.6 is 11.6 Å². The molecule has 2 aromatic rings. The summed E-state index contributed by atoms with van der Waals surface area (Å²) in [6.45, 7) is 4.61. The summed E-state index contributed by atoms with van der Waals surface area (Å²) in [5.41, 5.74) is 0.823. The standard InChI is InChI=1S/C20H25ClF3N5O3/c1-19(2,3)32-18(31)27-13-4-14(30)10-28(9-13)16-5-17(21)25-7-15(16)12-6-26-29(8-12)11-20(22,23)24/h5-8,13-14,30H,4,9-11H2,1-3H3,(H,27,31)/t13-,14-/m0/s1. The van der Waals surface area contributed by atoms with Gasteiger partial charge in [-0.3, -0.25) is 4.68 Å². The van der Waals surface area contributed by atoms with Gasteiger partial charge in [-0.1, -0.05) is 11.6 Å². The lowest BCUT2D eigenvalue weighted by Gasteiger charge is -2.38. The highest BCUT2D eigenvalue weighted by atomic mass is 35.5. The molecule has 2 aromatic heterocycles. The van der Waals surface area contributed by atoms with Gasteiger partial charge >= 0.3 is 12.3 Å². The van der Waals surface area contributed by atoms with Crippen LogP contribution in [0.2, 0.25) is 5.15 Å². The number of alkyl halides is 3. The van der Waals surface area contributed by atoms with E-state index < -0.39 is 36.6 Å². The Morgan fingerprint density at radius 3 is 2.69 bits per heavy atom. The van der Waals surface area contributed by atoms with E-state index in [0.29, 0.717) is 29.8 Å². The van der Waals surface area contributed by atoms with E-state index in [1.807, 2.05) is 0 Å². The maximum atomic E-state index is 12.7. The second kappa shape index (κ2) is 9.14. The predicted octanol–water partition coefficient (Wildman–Crippen LogP) is 3.63. The van der Waals surface area contributed by atoms with Gasteiger partial charge in [0.25, 0.3) is 0 Å². The predicted molar refractivity (Wildman–Crippen MR) is 113 cm³/mol. The zero-order valence-corrected chi connectivity index (χ0v) is 18.6. The van der Waals surface area contributed by atoms with Gasteiger partial charge in [-0.15, -0.1) is 0 Å². The van der Waals surface area contributed by atoms with Gasteiger partial charge in [0, 0.05) is 42.3 Å². The fraction of sp³-hybridized carbons (Fsp3) is 0.550. The molecule has 12 heteroatoms. The van der Waals surface area contributed by atoms with E-state index in [1.165, 1.54) is 18.6 Å². The number of nitrogens with zero attached hydrogens (tertiary/aromatic N) is 4. The van der Waals surface area contributed by atoms with Crippen LogP contribution in [-0.2, 0) is 11.3 Å². The Morgan fingerprint density at radius 1 is 1.31 bits per heavy atom. The van der Waals surface area contributed by atoms with E-state index in [2.05, 4.69) is 15.4 Å². The van der Waals surface area contributed by atoms with Crippen LogP contribution < -0.4 is 10.2 Å². The minimum Gasteiger partial charge on any atom is -0.444 e. The van der Waals surface area contributed by atoms with Crippen molar-refractivity contribution in [2.45, 2.75) is 57.7 Å². The van der Waals surface area contributed by atoms with Crippen molar-refractivity contribution in [3.05, 3.63) is 29.8 Å². The highest BCUT2D eigenvalue weighted by molar-refractivity contribution is 6.29. The lowest BCUT2D eigenvalue weighted by atomic mass is 10.0. The maximum absolute atomic E-state index is 12.7. The van der Waals surface area contributed by atoms with Crippen molar-refractivity contribution < 1.29 is 27.8 Å². The van der Waals surface area contributed by atoms with E-state index >= 15 is 0 Å². The number of piperidine rings is 1. The molecule has 1 saturated heterocycles. The lowest BCUT2D eigenvalue weighted by Crippen LogP contribution is -2.53. The van der Waals surface area contributed by atoms with E-state index in [9.17, 15) is 23.1 Å². The molecule has 1 aliphatic heterocycles. The summed E-state index contributed by atoms with van der Waals surface area (Å²) in [6, 6.07) is 1.15. The number of pyridine rings is 1. The average molecular weight is 476 g/mol. The molecular weight excluding hydrogens is 451 g/mol. The van der Waals surface area contributed by atoms with Crippen molar-refractivity contribution in [2.24, 2.45) is 0 Å². The summed E-state index contributed by atoms with van der Waals surface area (Å²) in [5.74, 6) is 0. The van der Waals surface area contributed by atoms with Crippen LogP contribution in [0.25, 0.3) is 11.1 Å². The molecule has 0 bridgehead atoms. The van der Waals surface area contributed by atoms with Crippen molar-refractivity contribution >= 4 is 23.4 Å². The molecule has 176 valence electrons. The molecule has 1 fully saturated rings. The van der Waals surface area contributed by atoms with Crippen LogP contribution in [0, 0.1) is 0 Å². The molecule has 0 unspecified atom stereocenters. The van der Waals surface area contributed by atoms with Gasteiger partial charge in [-0.05, 0) is 33.3 Å². The number of aliphatic hydroxyl groups excluding tert-OH is 1. The van der Waals surface area contributed by atoms with Gasteiger partial charge in [0.15, 0.2) is 0 Å². The molecule has 1 aliphatic rings. The molecule has 2 N–H and O–H groups in total. The quantitative estimate of drug-likeness (QED) is 0.656. The number of aromatic nitrogens is 3. The zero-order chi connectivity index (χ0) is 23.7. The van der Waals surface area contributed by atoms with E-state index in [4.69, 9.17) is 16.3 Å². The first-order valence-electron chi connectivity index (χ1n) is 9.97. The van der Waals surface area contributed by atoms with E-state index in [0.717, 1.165) is 4.68 Å². The number of alkyl carbamates (subject to hydrolysis) is 1. The lowest BCUT2D eigenvalue weighted by molar-refractivity contribution is -0.142. The molecule has 3 rings (SSSR count). The number of amides is 1. The Balaban J connectivity index is 1.84. The molecule has 3 heterocycles. The molecule has 0 aromatic carbocycles. The summed E-state index contributed by atoms with van der Waals surface area (Å²) < 4.78 is 44.2. The second-order valence-electron chi connectivity index (χ2n) is 8.70. The highest BCUT2D eigenvalue weighted by Gasteiger charge is 2.31. The maximum Gasteiger partial charge on any atom is 0.408 e. The van der Waals surface area contributed by atoms with Crippen molar-refractivity contribution in [2.75, 3.05) is 18.0 Å². The smallest absolute Gasteiger partial charge is 0.408 e. The van der Waals surface area contributed by atoms with E-state index in [-0.39, 0.29) is 11.7 Å². The topological polar surface area (TPSA) is 92.5 Å². The third-order valence-electron chi connectivity index (χ3n) is 4.62. The van der Waals surface area contributed by atoms with Gasteiger partial charge in [0.05, 0.1) is 18.3 Å². The summed E-state index contributed by atoms with van der Waals surface area (Å²) in [4.78, 5) is 18.0. The highest BCUT2D eigenvalue weighted by Crippen LogP contribution is 2.34. The van der Waals surface area contributed by atoms with E-state index in [1.54, 1.807) is 31.7 Å². The molecule has 32 heavy (non-hydrogen) atoms. The first-order valence-corrected chi connectivity index (χ1v) is 10.3. The molecule has 0 aliphatic carbocycles. The number of hydrogen-bond acceptors (Lipinski definition) is 6. The number of carbonyl (C=O) groups is 1. The Kier molecular flexibility index (Phi) is 6.89. The van der Waals surface area contributed by atoms with Crippen LogP contribution in [0.3, 0.4) is 0 Å². The first kappa shape index (κ1) is 24.1. The Bertz CT molecular complexity index is 961. The van der Waals surface area contributed by atoms with Gasteiger partial charge in [0.2, 0.25) is 0 Å². The van der Waals surface area contributed by atoms with Gasteiger partial charge in [-0.25, -0.2) is 9.78 Å². The molecule has 8 nitrogen and oxygen atoms in total. The third kappa shape index (κ3) is 6.73. The third-order valence-corrected chi connectivity index (χ3v) is 4.83. The number of aliphatic hydroxyl groups is 1. The monoisotopic (exact) mass is 475 g/mol. The number of carbonyl (C=O) groups excluding carboxylic acids is 1. The molecule has 0 spiro atoms. The molecule has 1 amide bonds. The minimum atomic E-state index is -4.40. The SMILES string of the molecule is CC(C)(C)OC(=O)N[C@H]1C[C@H](O)CN(c2cc(Cl)ncc2-c2cnn(CC(F)(F)F)c2)C1. The summed E-state index contributed by atoms with van der Waals surface area (Å²) in [7, 11) is 0. The van der Waals surface area contributed by atoms with Crippen LogP contribution in [0.5, 0.6) is 0 Å². The van der Waals surface area contributed by atoms with Crippen molar-refractivity contribution in [1.82, 2.24) is 20.1 Å². The van der Waals surface area contributed by atoms with Crippen molar-refractivity contribution in [1.29, 1.82) is 0 Å². The number of anilines is 1. The summed E-state index contributed by atoms with van der Waals surface area (Å²) >= 11 is 6.09. The summed E-state index contributed by atoms with van der Waals surface area (Å²) in [6.07, 6.45) is -1.39. The Labute approximate surface area is 188 Å². The molecule has 0 radical (unpaired) electrons. The van der Waals surface area contributed by atoms with Crippen LogP contribution in [0.4, 0.5) is 23.7 Å². The van der Waals surface area contributed by atoms with Crippen molar-refractivity contribution in [3.8, 4) is 11.1 Å². The Hall–Kier alpha value is -2.53. The molecular formula is C20H25ClF3N5O3. The van der Waals surface area contributed by atoms with Crippen LogP contribution in [-0.4, -0.2) is 63.0 Å². The zero-order valence-electron chi connectivity index (χ0n) is 17.9. The largest absolute Gasteiger partial charge is 0.444 e. The van der Waals surface area contributed by atoms with Crippen LogP contribution in [0.1, 0.15) is 27.2 Å². The number of halogens is 4. The van der Waals surface area contributed by atoms with Gasteiger partial charge in [-0.2, -0.15) is 18.3 Å². The molecule has 0 saturated carbocycles. The number of hydrogen-bond donors (Lipinski definition) is 2. The number of rotatable bonds is 4. The average Bonchev–Trinajstić information content (AvgIpc) is 3.05. The molecule has 2 atom stereocenters. The van der Waals surface area contributed by atoms with Crippen molar-refractivity contribution in [3.63, 3.8) is 0 Å². The van der Waals surface area contributed by atoms with Gasteiger partial charge < -0.3 is 20.1 Å². The number of β-amino-alcohol motifs (C(OH)–C–C–N with tert-alkyl or cyclic N) is 1. The Morgan fingerprint density at radius 2 is 2.03 bits per heavy atom. The fourth-order valence-electron chi connectivity index (χ4n) is 3.52. The van der Waals surface area contributed by atoms with Crippen LogP contribution in [0.15, 0.2) is 24.7 Å². The fourth-order valence-corrected chi connectivity index (χ4v) is 3.68. The minimum absolute atomic E-state index is 0.183.